The number of nitrogen functional groups attached to an aromatic ring is 1. The predicted octanol–water partition coefficient (Wildman–Crippen LogP) is 2.50. The molecule has 1 aliphatic heterocycles. The Balaban J connectivity index is 0.00000200. The molecule has 2 rings (SSSR count). The van der Waals surface area contributed by atoms with E-state index in [9.17, 15) is 18.0 Å². The molecule has 0 aliphatic carbocycles. The largest absolute Gasteiger partial charge is 0.397 e. The Morgan fingerprint density at radius 2 is 2.10 bits per heavy atom. The molecule has 1 aromatic heterocycles. The van der Waals surface area contributed by atoms with Crippen molar-refractivity contribution in [3.63, 3.8) is 0 Å². The van der Waals surface area contributed by atoms with Crippen LogP contribution in [-0.2, 0) is 0 Å². The van der Waals surface area contributed by atoms with Crippen molar-refractivity contribution < 1.29 is 18.0 Å². The molecule has 0 saturated carbocycles. The van der Waals surface area contributed by atoms with E-state index in [1.54, 1.807) is 0 Å². The number of amides is 1. The molecule has 2 N–H and O–H groups in total. The van der Waals surface area contributed by atoms with Crippen molar-refractivity contribution in [2.45, 2.75) is 19.0 Å². The highest BCUT2D eigenvalue weighted by atomic mass is 35.5. The molecule has 2 heterocycles. The highest BCUT2D eigenvalue weighted by Crippen LogP contribution is 2.33. The number of carbonyl (C=O) groups is 1. The molecule has 1 aliphatic rings. The Morgan fingerprint density at radius 3 is 2.65 bits per heavy atom. The number of nitrogens with two attached hydrogens (primary N) is 1. The molecule has 0 radical (unpaired) electrons. The number of piperidine rings is 1. The SMILES string of the molecule is Cl.Nc1ccc(C(=O)N2CCCC(C(F)(F)F)C2)nc1. The summed E-state index contributed by atoms with van der Waals surface area (Å²) in [5, 5.41) is 0. The Kier molecular flexibility index (Phi) is 5.21. The molecule has 112 valence electrons. The first kappa shape index (κ1) is 16.6. The molecule has 1 unspecified atom stereocenters. The van der Waals surface area contributed by atoms with Crippen molar-refractivity contribution in [3.8, 4) is 0 Å². The highest BCUT2D eigenvalue weighted by Gasteiger charge is 2.42. The summed E-state index contributed by atoms with van der Waals surface area (Å²) in [5.74, 6) is -1.92. The molecular formula is C12H15ClF3N3O. The third-order valence-corrected chi connectivity index (χ3v) is 3.18. The molecule has 0 aromatic carbocycles. The number of nitrogens with zero attached hydrogens (tertiary/aromatic N) is 2. The maximum atomic E-state index is 12.7. The zero-order valence-electron chi connectivity index (χ0n) is 10.6. The second kappa shape index (κ2) is 6.30. The number of anilines is 1. The molecule has 0 spiro atoms. The summed E-state index contributed by atoms with van der Waals surface area (Å²) in [6, 6.07) is 2.93. The van der Waals surface area contributed by atoms with E-state index in [0.29, 0.717) is 18.7 Å². The molecule has 4 nitrogen and oxygen atoms in total. The Labute approximate surface area is 120 Å². The van der Waals surface area contributed by atoms with Crippen LogP contribution in [0.5, 0.6) is 0 Å². The standard InChI is InChI=1S/C12H14F3N3O.ClH/c13-12(14,15)8-2-1-5-18(7-8)11(19)10-4-3-9(16)6-17-10;/h3-4,6,8H,1-2,5,7,16H2;1H. The number of alkyl halides is 3. The summed E-state index contributed by atoms with van der Waals surface area (Å²) in [6.45, 7) is 0.0336. The van der Waals surface area contributed by atoms with E-state index >= 15 is 0 Å². The van der Waals surface area contributed by atoms with Gasteiger partial charge in [0.05, 0.1) is 17.8 Å². The molecule has 20 heavy (non-hydrogen) atoms. The van der Waals surface area contributed by atoms with Crippen LogP contribution < -0.4 is 5.73 Å². The minimum absolute atomic E-state index is 0. The van der Waals surface area contributed by atoms with Crippen LogP contribution >= 0.6 is 12.4 Å². The molecule has 1 amide bonds. The number of aromatic nitrogens is 1. The van der Waals surface area contributed by atoms with Gasteiger partial charge in [-0.3, -0.25) is 4.79 Å². The average Bonchev–Trinajstić information content (AvgIpc) is 2.38. The fourth-order valence-electron chi connectivity index (χ4n) is 2.12. The molecular weight excluding hydrogens is 295 g/mol. The zero-order valence-corrected chi connectivity index (χ0v) is 11.4. The van der Waals surface area contributed by atoms with Crippen molar-refractivity contribution in [2.75, 3.05) is 18.8 Å². The molecule has 1 atom stereocenters. The van der Waals surface area contributed by atoms with E-state index in [0.717, 1.165) is 0 Å². The van der Waals surface area contributed by atoms with E-state index in [-0.39, 0.29) is 31.1 Å². The van der Waals surface area contributed by atoms with Crippen molar-refractivity contribution in [1.29, 1.82) is 0 Å². The Bertz CT molecular complexity index is 464. The molecule has 0 bridgehead atoms. The quantitative estimate of drug-likeness (QED) is 0.867. The number of carbonyl (C=O) groups excluding carboxylic acids is 1. The van der Waals surface area contributed by atoms with Crippen molar-refractivity contribution in [1.82, 2.24) is 9.88 Å². The number of pyridine rings is 1. The first-order valence-electron chi connectivity index (χ1n) is 5.95. The summed E-state index contributed by atoms with van der Waals surface area (Å²) in [7, 11) is 0. The Morgan fingerprint density at radius 1 is 1.40 bits per heavy atom. The van der Waals surface area contributed by atoms with Gasteiger partial charge in [0.15, 0.2) is 0 Å². The molecule has 1 saturated heterocycles. The van der Waals surface area contributed by atoms with E-state index in [1.165, 1.54) is 23.2 Å². The van der Waals surface area contributed by atoms with Gasteiger partial charge in [0, 0.05) is 13.1 Å². The van der Waals surface area contributed by atoms with E-state index < -0.39 is 18.0 Å². The van der Waals surface area contributed by atoms with Crippen LogP contribution in [-0.4, -0.2) is 35.1 Å². The fraction of sp³-hybridized carbons (Fsp3) is 0.500. The van der Waals surface area contributed by atoms with Gasteiger partial charge in [0.25, 0.3) is 5.91 Å². The van der Waals surface area contributed by atoms with Crippen LogP contribution in [0.4, 0.5) is 18.9 Å². The third kappa shape index (κ3) is 3.75. The van der Waals surface area contributed by atoms with Crippen LogP contribution in [0.1, 0.15) is 23.3 Å². The predicted molar refractivity (Wildman–Crippen MR) is 70.6 cm³/mol. The maximum absolute atomic E-state index is 12.7. The van der Waals surface area contributed by atoms with Gasteiger partial charge in [-0.05, 0) is 25.0 Å². The van der Waals surface area contributed by atoms with Gasteiger partial charge in [-0.15, -0.1) is 12.4 Å². The first-order chi connectivity index (χ1) is 8.88. The smallest absolute Gasteiger partial charge is 0.393 e. The number of likely N-dealkylation sites (tertiary alicyclic amines) is 1. The van der Waals surface area contributed by atoms with Gasteiger partial charge in [-0.25, -0.2) is 4.98 Å². The maximum Gasteiger partial charge on any atom is 0.393 e. The molecule has 8 heteroatoms. The minimum atomic E-state index is -4.26. The van der Waals surface area contributed by atoms with E-state index in [1.807, 2.05) is 0 Å². The van der Waals surface area contributed by atoms with Crippen molar-refractivity contribution >= 4 is 24.0 Å². The van der Waals surface area contributed by atoms with Crippen LogP contribution in [0.3, 0.4) is 0 Å². The van der Waals surface area contributed by atoms with Gasteiger partial charge in [0.1, 0.15) is 5.69 Å². The number of hydrogen-bond donors (Lipinski definition) is 1. The van der Waals surface area contributed by atoms with Crippen LogP contribution in [0.15, 0.2) is 18.3 Å². The summed E-state index contributed by atoms with van der Waals surface area (Å²) >= 11 is 0. The van der Waals surface area contributed by atoms with Crippen LogP contribution in [0.25, 0.3) is 0 Å². The lowest BCUT2D eigenvalue weighted by Gasteiger charge is -2.33. The Hall–Kier alpha value is -1.50. The van der Waals surface area contributed by atoms with E-state index in [2.05, 4.69) is 4.98 Å². The third-order valence-electron chi connectivity index (χ3n) is 3.18. The van der Waals surface area contributed by atoms with Gasteiger partial charge >= 0.3 is 6.18 Å². The van der Waals surface area contributed by atoms with Gasteiger partial charge in [0.2, 0.25) is 0 Å². The minimum Gasteiger partial charge on any atom is -0.397 e. The highest BCUT2D eigenvalue weighted by molar-refractivity contribution is 5.92. The van der Waals surface area contributed by atoms with Crippen LogP contribution in [0, 0.1) is 5.92 Å². The lowest BCUT2D eigenvalue weighted by molar-refractivity contribution is -0.184. The summed E-state index contributed by atoms with van der Waals surface area (Å²) in [6.07, 6.45) is -2.51. The summed E-state index contributed by atoms with van der Waals surface area (Å²) < 4.78 is 38.0. The van der Waals surface area contributed by atoms with E-state index in [4.69, 9.17) is 5.73 Å². The normalized spacial score (nSPS) is 19.4. The van der Waals surface area contributed by atoms with Crippen molar-refractivity contribution in [3.05, 3.63) is 24.0 Å². The average molecular weight is 310 g/mol. The van der Waals surface area contributed by atoms with Gasteiger partial charge in [-0.1, -0.05) is 0 Å². The number of hydrogen-bond acceptors (Lipinski definition) is 3. The summed E-state index contributed by atoms with van der Waals surface area (Å²) in [5.41, 5.74) is 5.98. The molecule has 1 fully saturated rings. The lowest BCUT2D eigenvalue weighted by Crippen LogP contribution is -2.44. The first-order valence-corrected chi connectivity index (χ1v) is 5.95. The molecule has 1 aromatic rings. The van der Waals surface area contributed by atoms with Crippen LogP contribution in [0.2, 0.25) is 0 Å². The lowest BCUT2D eigenvalue weighted by atomic mass is 9.97. The number of halogens is 4. The topological polar surface area (TPSA) is 59.2 Å². The fourth-order valence-corrected chi connectivity index (χ4v) is 2.12. The monoisotopic (exact) mass is 309 g/mol. The number of rotatable bonds is 1. The zero-order chi connectivity index (χ0) is 14.0. The van der Waals surface area contributed by atoms with Gasteiger partial charge < -0.3 is 10.6 Å². The second-order valence-corrected chi connectivity index (χ2v) is 4.61. The van der Waals surface area contributed by atoms with Crippen molar-refractivity contribution in [2.24, 2.45) is 5.92 Å². The van der Waals surface area contributed by atoms with Gasteiger partial charge in [-0.2, -0.15) is 13.2 Å². The summed E-state index contributed by atoms with van der Waals surface area (Å²) in [4.78, 5) is 17.1. The second-order valence-electron chi connectivity index (χ2n) is 4.61.